The monoisotopic (exact) mass is 493 g/mol. The first-order valence-electron chi connectivity index (χ1n) is 10.7. The molecule has 182 valence electrons. The van der Waals surface area contributed by atoms with Crippen LogP contribution in [0.25, 0.3) is 5.82 Å². The molecule has 0 saturated heterocycles. The molecule has 0 spiro atoms. The predicted molar refractivity (Wildman–Crippen MR) is 125 cm³/mol. The molecule has 3 heterocycles. The van der Waals surface area contributed by atoms with Crippen LogP contribution in [-0.2, 0) is 17.4 Å². The van der Waals surface area contributed by atoms with Crippen molar-refractivity contribution in [3.63, 3.8) is 0 Å². The van der Waals surface area contributed by atoms with Crippen LogP contribution in [0.2, 0.25) is 0 Å². The van der Waals surface area contributed by atoms with E-state index in [4.69, 9.17) is 0 Å². The molecule has 5 rings (SSSR count). The van der Waals surface area contributed by atoms with Crippen molar-refractivity contribution in [3.8, 4) is 5.82 Å². The van der Waals surface area contributed by atoms with E-state index in [1.54, 1.807) is 35.2 Å². The molecule has 0 fully saturated rings. The predicted octanol–water partition coefficient (Wildman–Crippen LogP) is 4.48. The number of halogens is 3. The molecule has 36 heavy (non-hydrogen) atoms. The maximum atomic E-state index is 13.0. The molecule has 1 aliphatic heterocycles. The molecular weight excluding hydrogens is 475 g/mol. The van der Waals surface area contributed by atoms with E-state index in [0.29, 0.717) is 34.5 Å². The van der Waals surface area contributed by atoms with Gasteiger partial charge < -0.3 is 16.0 Å². The van der Waals surface area contributed by atoms with Gasteiger partial charge in [0.15, 0.2) is 0 Å². The fraction of sp³-hybridized carbons (Fsp3) is 0.125. The van der Waals surface area contributed by atoms with Crippen LogP contribution in [0.15, 0.2) is 61.2 Å². The second-order valence-electron chi connectivity index (χ2n) is 8.06. The minimum atomic E-state index is -4.55. The first-order valence-corrected chi connectivity index (χ1v) is 10.7. The Hall–Kier alpha value is -4.74. The molecule has 1 aliphatic rings. The summed E-state index contributed by atoms with van der Waals surface area (Å²) in [6, 6.07) is 9.26. The van der Waals surface area contributed by atoms with Gasteiger partial charge in [0.1, 0.15) is 18.0 Å². The molecule has 0 unspecified atom stereocenters. The number of nitrogens with zero attached hydrogens (tertiary/aromatic N) is 4. The van der Waals surface area contributed by atoms with Gasteiger partial charge in [0, 0.05) is 34.9 Å². The normalized spacial score (nSPS) is 12.7. The lowest BCUT2D eigenvalue weighted by atomic mass is 10.1. The molecule has 4 aromatic rings. The number of hydrogen-bond donors (Lipinski definition) is 3. The highest BCUT2D eigenvalue weighted by Crippen LogP contribution is 2.31. The Kier molecular flexibility index (Phi) is 5.63. The smallest absolute Gasteiger partial charge is 0.325 e. The number of amides is 2. The maximum Gasteiger partial charge on any atom is 0.416 e. The number of aryl methyl sites for hydroxylation is 1. The van der Waals surface area contributed by atoms with Crippen molar-refractivity contribution in [1.82, 2.24) is 19.5 Å². The van der Waals surface area contributed by atoms with Crippen LogP contribution in [0.3, 0.4) is 0 Å². The zero-order valence-electron chi connectivity index (χ0n) is 18.7. The summed E-state index contributed by atoms with van der Waals surface area (Å²) in [6.07, 6.45) is 0.183. The lowest BCUT2D eigenvalue weighted by Crippen LogP contribution is -2.14. The van der Waals surface area contributed by atoms with Crippen LogP contribution >= 0.6 is 0 Å². The van der Waals surface area contributed by atoms with Crippen LogP contribution in [0, 0.1) is 6.92 Å². The van der Waals surface area contributed by atoms with Crippen molar-refractivity contribution in [3.05, 3.63) is 83.4 Å². The summed E-state index contributed by atoms with van der Waals surface area (Å²) < 4.78 is 40.7. The number of alkyl halides is 3. The second-order valence-corrected chi connectivity index (χ2v) is 8.06. The van der Waals surface area contributed by atoms with Crippen LogP contribution in [0.5, 0.6) is 0 Å². The molecule has 0 saturated carbocycles. The Morgan fingerprint density at radius 3 is 2.75 bits per heavy atom. The van der Waals surface area contributed by atoms with Crippen LogP contribution < -0.4 is 16.0 Å². The van der Waals surface area contributed by atoms with E-state index in [-0.39, 0.29) is 17.9 Å². The number of anilines is 4. The topological polar surface area (TPSA) is 114 Å². The van der Waals surface area contributed by atoms with Gasteiger partial charge in [-0.3, -0.25) is 14.2 Å². The first-order chi connectivity index (χ1) is 17.2. The molecule has 0 aliphatic carbocycles. The van der Waals surface area contributed by atoms with E-state index in [0.717, 1.165) is 17.7 Å². The lowest BCUT2D eigenvalue weighted by molar-refractivity contribution is -0.137. The molecule has 0 atom stereocenters. The third-order valence-electron chi connectivity index (χ3n) is 5.58. The largest absolute Gasteiger partial charge is 0.416 e. The average molecular weight is 493 g/mol. The fourth-order valence-electron chi connectivity index (χ4n) is 3.78. The highest BCUT2D eigenvalue weighted by molar-refractivity contribution is 6.04. The number of aromatic nitrogens is 4. The van der Waals surface area contributed by atoms with Crippen molar-refractivity contribution >= 4 is 35.0 Å². The average Bonchev–Trinajstić information content (AvgIpc) is 3.46. The SMILES string of the molecule is Cc1ccc(NC(=O)c2cccc(C(F)(F)F)c2)cc1Nc1nccn1-c1ncnc2c1CC(=O)N2. The number of hydrogen-bond acceptors (Lipinski definition) is 6. The quantitative estimate of drug-likeness (QED) is 0.378. The third-order valence-corrected chi connectivity index (χ3v) is 5.58. The minimum absolute atomic E-state index is 0.115. The van der Waals surface area contributed by atoms with Gasteiger partial charge in [-0.1, -0.05) is 12.1 Å². The summed E-state index contributed by atoms with van der Waals surface area (Å²) in [5.74, 6) is 0.484. The fourth-order valence-corrected chi connectivity index (χ4v) is 3.78. The van der Waals surface area contributed by atoms with Crippen LogP contribution in [0.4, 0.5) is 36.3 Å². The molecule has 0 bridgehead atoms. The molecule has 9 nitrogen and oxygen atoms in total. The number of fused-ring (bicyclic) bond motifs is 1. The Balaban J connectivity index is 1.40. The second kappa shape index (κ2) is 8.80. The molecule has 2 amide bonds. The van der Waals surface area contributed by atoms with E-state index < -0.39 is 17.6 Å². The van der Waals surface area contributed by atoms with Gasteiger partial charge in [-0.05, 0) is 42.8 Å². The number of carbonyl (C=O) groups is 2. The lowest BCUT2D eigenvalue weighted by Gasteiger charge is -2.14. The third kappa shape index (κ3) is 4.48. The number of benzene rings is 2. The van der Waals surface area contributed by atoms with E-state index >= 15 is 0 Å². The van der Waals surface area contributed by atoms with Crippen molar-refractivity contribution in [2.45, 2.75) is 19.5 Å². The van der Waals surface area contributed by atoms with Crippen LogP contribution in [0.1, 0.15) is 27.0 Å². The van der Waals surface area contributed by atoms with Crippen LogP contribution in [-0.4, -0.2) is 31.3 Å². The van der Waals surface area contributed by atoms with Gasteiger partial charge in [0.05, 0.1) is 12.0 Å². The maximum absolute atomic E-state index is 13.0. The van der Waals surface area contributed by atoms with Gasteiger partial charge in [-0.25, -0.2) is 15.0 Å². The van der Waals surface area contributed by atoms with Gasteiger partial charge in [-0.2, -0.15) is 13.2 Å². The van der Waals surface area contributed by atoms with Crippen molar-refractivity contribution in [2.75, 3.05) is 16.0 Å². The summed E-state index contributed by atoms with van der Waals surface area (Å²) in [6.45, 7) is 1.85. The minimum Gasteiger partial charge on any atom is -0.325 e. The summed E-state index contributed by atoms with van der Waals surface area (Å²) >= 11 is 0. The standard InChI is InChI=1S/C24H18F3N7O2/c1-13-5-6-16(31-22(36)14-3-2-4-15(9-14)24(25,26)27)10-18(13)32-23-28-7-8-34(23)21-17-11-19(35)33-20(17)29-12-30-21/h2-10,12H,11H2,1H3,(H,28,32)(H,31,36)(H,29,30,33,35). The highest BCUT2D eigenvalue weighted by atomic mass is 19.4. The summed E-state index contributed by atoms with van der Waals surface area (Å²) in [4.78, 5) is 37.2. The van der Waals surface area contributed by atoms with Gasteiger partial charge in [0.25, 0.3) is 5.91 Å². The molecule has 3 N–H and O–H groups in total. The summed E-state index contributed by atoms with van der Waals surface area (Å²) in [5, 5.41) is 8.50. The Morgan fingerprint density at radius 1 is 1.11 bits per heavy atom. The Bertz CT molecular complexity index is 1500. The van der Waals surface area contributed by atoms with Gasteiger partial charge in [-0.15, -0.1) is 0 Å². The summed E-state index contributed by atoms with van der Waals surface area (Å²) in [5.41, 5.74) is 1.43. The van der Waals surface area contributed by atoms with Crippen molar-refractivity contribution in [1.29, 1.82) is 0 Å². The van der Waals surface area contributed by atoms with E-state index in [1.807, 2.05) is 6.92 Å². The molecule has 2 aromatic heterocycles. The number of carbonyl (C=O) groups excluding carboxylic acids is 2. The van der Waals surface area contributed by atoms with Gasteiger partial charge >= 0.3 is 6.18 Å². The summed E-state index contributed by atoms with van der Waals surface area (Å²) in [7, 11) is 0. The number of imidazole rings is 1. The Labute approximate surface area is 202 Å². The van der Waals surface area contributed by atoms with E-state index in [2.05, 4.69) is 30.9 Å². The van der Waals surface area contributed by atoms with Gasteiger partial charge in [0.2, 0.25) is 11.9 Å². The molecule has 0 radical (unpaired) electrons. The highest BCUT2D eigenvalue weighted by Gasteiger charge is 2.31. The van der Waals surface area contributed by atoms with Crippen molar-refractivity contribution in [2.24, 2.45) is 0 Å². The molecule has 2 aromatic carbocycles. The number of nitrogens with one attached hydrogen (secondary N) is 3. The number of rotatable bonds is 5. The Morgan fingerprint density at radius 2 is 1.94 bits per heavy atom. The van der Waals surface area contributed by atoms with E-state index in [9.17, 15) is 22.8 Å². The van der Waals surface area contributed by atoms with Crippen molar-refractivity contribution < 1.29 is 22.8 Å². The zero-order chi connectivity index (χ0) is 25.4. The first kappa shape index (κ1) is 23.0. The molecular formula is C24H18F3N7O2. The molecule has 12 heteroatoms. The van der Waals surface area contributed by atoms with E-state index in [1.165, 1.54) is 18.5 Å². The zero-order valence-corrected chi connectivity index (χ0v) is 18.7.